The molecule has 1 N–H and O–H groups in total. The minimum absolute atomic E-state index is 0.375. The highest BCUT2D eigenvalue weighted by Gasteiger charge is 2.19. The van der Waals surface area contributed by atoms with E-state index in [0.717, 1.165) is 17.6 Å². The van der Waals surface area contributed by atoms with Crippen molar-refractivity contribution in [2.45, 2.75) is 77.2 Å². The van der Waals surface area contributed by atoms with Crippen LogP contribution in [0, 0.1) is 6.92 Å². The summed E-state index contributed by atoms with van der Waals surface area (Å²) in [5.74, 6) is 0. The van der Waals surface area contributed by atoms with Gasteiger partial charge in [0.25, 0.3) is 0 Å². The monoisotopic (exact) mass is 315 g/mol. The minimum Gasteiger partial charge on any atom is -0.385 e. The van der Waals surface area contributed by atoms with Gasteiger partial charge in [0.05, 0.1) is 27.2 Å². The zero-order valence-electron chi connectivity index (χ0n) is 15.5. The van der Waals surface area contributed by atoms with Gasteiger partial charge in [0, 0.05) is 6.61 Å². The second-order valence-corrected chi connectivity index (χ2v) is 7.25. The first-order valence-corrected chi connectivity index (χ1v) is 9.39. The van der Waals surface area contributed by atoms with Crippen molar-refractivity contribution in [2.75, 3.05) is 40.4 Å². The van der Waals surface area contributed by atoms with Crippen LogP contribution in [-0.4, -0.2) is 56.1 Å². The fourth-order valence-electron chi connectivity index (χ4n) is 2.96. The lowest BCUT2D eigenvalue weighted by Gasteiger charge is -2.31. The molecule has 0 aromatic carbocycles. The number of unbranched alkanes of at least 4 members (excludes halogenated alkanes) is 9. The van der Waals surface area contributed by atoms with Crippen LogP contribution in [0.5, 0.6) is 0 Å². The van der Waals surface area contributed by atoms with Crippen LogP contribution in [0.2, 0.25) is 0 Å². The number of rotatable bonds is 16. The van der Waals surface area contributed by atoms with Crippen LogP contribution in [0.3, 0.4) is 0 Å². The Morgan fingerprint density at radius 3 is 1.91 bits per heavy atom. The van der Waals surface area contributed by atoms with Gasteiger partial charge in [-0.1, -0.05) is 58.3 Å². The molecule has 0 bridgehead atoms. The Morgan fingerprint density at radius 2 is 1.41 bits per heavy atom. The number of nitrogens with zero attached hydrogens (tertiary/aromatic N) is 1. The Kier molecular flexibility index (Phi) is 14.4. The summed E-state index contributed by atoms with van der Waals surface area (Å²) in [4.78, 5) is 0. The Bertz CT molecular complexity index is 231. The van der Waals surface area contributed by atoms with Gasteiger partial charge in [-0.25, -0.2) is 0 Å². The summed E-state index contributed by atoms with van der Waals surface area (Å²) in [7, 11) is 4.39. The van der Waals surface area contributed by atoms with E-state index >= 15 is 0 Å². The van der Waals surface area contributed by atoms with Crippen LogP contribution in [-0.2, 0) is 4.74 Å². The van der Waals surface area contributed by atoms with Gasteiger partial charge in [-0.3, -0.25) is 0 Å². The molecule has 0 saturated carbocycles. The third-order valence-corrected chi connectivity index (χ3v) is 4.28. The molecule has 0 aliphatic carbocycles. The van der Waals surface area contributed by atoms with E-state index in [4.69, 9.17) is 4.74 Å². The highest BCUT2D eigenvalue weighted by atomic mass is 16.5. The van der Waals surface area contributed by atoms with Gasteiger partial charge in [-0.05, 0) is 19.8 Å². The predicted molar refractivity (Wildman–Crippen MR) is 95.9 cm³/mol. The summed E-state index contributed by atoms with van der Waals surface area (Å²) >= 11 is 0. The molecule has 0 saturated heterocycles. The first kappa shape index (κ1) is 21.9. The molecule has 133 valence electrons. The summed E-state index contributed by atoms with van der Waals surface area (Å²) < 4.78 is 6.05. The molecule has 0 aromatic rings. The Balaban J connectivity index is 3.44. The fraction of sp³-hybridized carbons (Fsp3) is 0.947. The summed E-state index contributed by atoms with van der Waals surface area (Å²) in [5, 5.41) is 9.91. The van der Waals surface area contributed by atoms with Crippen molar-refractivity contribution >= 4 is 0 Å². The number of quaternary nitrogens is 1. The molecular weight excluding hydrogens is 274 g/mol. The lowest BCUT2D eigenvalue weighted by molar-refractivity contribution is -0.893. The molecule has 0 spiro atoms. The highest BCUT2D eigenvalue weighted by Crippen LogP contribution is 2.12. The zero-order valence-corrected chi connectivity index (χ0v) is 15.5. The van der Waals surface area contributed by atoms with Gasteiger partial charge in [-0.15, -0.1) is 0 Å². The maximum Gasteiger partial charge on any atom is 0.126 e. The maximum absolute atomic E-state index is 9.91. The van der Waals surface area contributed by atoms with Gasteiger partial charge < -0.3 is 14.3 Å². The van der Waals surface area contributed by atoms with E-state index in [9.17, 15) is 5.11 Å². The second-order valence-electron chi connectivity index (χ2n) is 7.25. The molecule has 3 heteroatoms. The molecular formula is C19H41NO2+. The summed E-state index contributed by atoms with van der Waals surface area (Å²) in [5.41, 5.74) is 0. The van der Waals surface area contributed by atoms with Crippen LogP contribution in [0.1, 0.15) is 71.1 Å². The average Bonchev–Trinajstić information content (AvgIpc) is 2.46. The van der Waals surface area contributed by atoms with Crippen LogP contribution in [0.15, 0.2) is 0 Å². The van der Waals surface area contributed by atoms with E-state index in [0.29, 0.717) is 13.2 Å². The van der Waals surface area contributed by atoms with E-state index in [1.807, 2.05) is 0 Å². The Labute approximate surface area is 139 Å². The first-order chi connectivity index (χ1) is 10.5. The Morgan fingerprint density at radius 1 is 0.909 bits per heavy atom. The molecule has 0 aliphatic rings. The van der Waals surface area contributed by atoms with Crippen molar-refractivity contribution in [2.24, 2.45) is 0 Å². The van der Waals surface area contributed by atoms with Crippen LogP contribution in [0.25, 0.3) is 0 Å². The molecule has 1 unspecified atom stereocenters. The fourth-order valence-corrected chi connectivity index (χ4v) is 2.96. The molecule has 1 atom stereocenters. The number of hydrogen-bond donors (Lipinski definition) is 1. The standard InChI is InChI=1S/C19H41NO2/c1-5-7-8-9-10-11-12-13-14-15-16-20(3,4)17-19(21)18-22-6-2/h19,21H,2,5-18H2,1,3-4H3/q+1. The van der Waals surface area contributed by atoms with E-state index in [2.05, 4.69) is 27.9 Å². The van der Waals surface area contributed by atoms with Crippen LogP contribution < -0.4 is 0 Å². The number of aliphatic hydroxyl groups is 1. The molecule has 0 amide bonds. The zero-order chi connectivity index (χ0) is 16.7. The molecule has 0 aromatic heterocycles. The van der Waals surface area contributed by atoms with Crippen molar-refractivity contribution in [3.8, 4) is 0 Å². The van der Waals surface area contributed by atoms with E-state index in [-0.39, 0.29) is 6.10 Å². The van der Waals surface area contributed by atoms with Gasteiger partial charge in [0.2, 0.25) is 0 Å². The van der Waals surface area contributed by atoms with E-state index < -0.39 is 0 Å². The smallest absolute Gasteiger partial charge is 0.126 e. The average molecular weight is 316 g/mol. The normalized spacial score (nSPS) is 13.5. The second kappa shape index (κ2) is 14.5. The van der Waals surface area contributed by atoms with Gasteiger partial charge >= 0.3 is 0 Å². The van der Waals surface area contributed by atoms with E-state index in [1.54, 1.807) is 0 Å². The molecule has 3 nitrogen and oxygen atoms in total. The number of aliphatic hydroxyl groups excluding tert-OH is 1. The van der Waals surface area contributed by atoms with Gasteiger partial charge in [0.15, 0.2) is 0 Å². The molecule has 0 aliphatic heterocycles. The third-order valence-electron chi connectivity index (χ3n) is 4.28. The van der Waals surface area contributed by atoms with Gasteiger partial charge in [0.1, 0.15) is 12.6 Å². The summed E-state index contributed by atoms with van der Waals surface area (Å²) in [6, 6.07) is 0. The van der Waals surface area contributed by atoms with Crippen molar-refractivity contribution < 1.29 is 14.3 Å². The van der Waals surface area contributed by atoms with E-state index in [1.165, 1.54) is 64.2 Å². The summed E-state index contributed by atoms with van der Waals surface area (Å²) in [6.07, 6.45) is 13.4. The topological polar surface area (TPSA) is 29.5 Å². The Hall–Kier alpha value is -0.120. The lowest BCUT2D eigenvalue weighted by Crippen LogP contribution is -2.47. The lowest BCUT2D eigenvalue weighted by atomic mass is 10.1. The minimum atomic E-state index is -0.375. The molecule has 0 rings (SSSR count). The quantitative estimate of drug-likeness (QED) is 0.342. The number of ether oxygens (including phenoxy) is 1. The molecule has 0 heterocycles. The van der Waals surface area contributed by atoms with Crippen molar-refractivity contribution in [1.29, 1.82) is 0 Å². The first-order valence-electron chi connectivity index (χ1n) is 9.39. The SMILES string of the molecule is [CH2]COCC(O)C[N+](C)(C)CCCCCCCCCCCC. The highest BCUT2D eigenvalue weighted by molar-refractivity contribution is 4.53. The van der Waals surface area contributed by atoms with Crippen molar-refractivity contribution in [3.05, 3.63) is 6.92 Å². The number of likely N-dealkylation sites (N-methyl/N-ethyl adjacent to an activating group) is 1. The third kappa shape index (κ3) is 14.8. The molecule has 0 fully saturated rings. The van der Waals surface area contributed by atoms with Crippen molar-refractivity contribution in [3.63, 3.8) is 0 Å². The maximum atomic E-state index is 9.91. The predicted octanol–water partition coefficient (Wildman–Crippen LogP) is 4.20. The largest absolute Gasteiger partial charge is 0.385 e. The molecule has 1 radical (unpaired) electrons. The van der Waals surface area contributed by atoms with Crippen molar-refractivity contribution in [1.82, 2.24) is 0 Å². The summed E-state index contributed by atoms with van der Waals surface area (Å²) in [6.45, 7) is 8.63. The van der Waals surface area contributed by atoms with Crippen LogP contribution >= 0.6 is 0 Å². The van der Waals surface area contributed by atoms with Crippen LogP contribution in [0.4, 0.5) is 0 Å². The molecule has 22 heavy (non-hydrogen) atoms. The van der Waals surface area contributed by atoms with Gasteiger partial charge in [-0.2, -0.15) is 0 Å². The number of hydrogen-bond acceptors (Lipinski definition) is 2.